The lowest BCUT2D eigenvalue weighted by atomic mass is 10.1. The van der Waals surface area contributed by atoms with E-state index in [1.165, 1.54) is 0 Å². The van der Waals surface area contributed by atoms with Crippen LogP contribution in [0, 0.1) is 0 Å². The molecular formula is C18H21F3N6O2. The number of nitrogens with zero attached hydrogens (tertiary/aromatic N) is 5. The molecule has 2 aliphatic rings. The van der Waals surface area contributed by atoms with Crippen molar-refractivity contribution in [3.05, 3.63) is 23.9 Å². The largest absolute Gasteiger partial charge is 0.417 e. The van der Waals surface area contributed by atoms with E-state index in [0.29, 0.717) is 18.3 Å². The molecule has 0 aromatic carbocycles. The molecule has 0 bridgehead atoms. The van der Waals surface area contributed by atoms with Crippen LogP contribution in [0.2, 0.25) is 0 Å². The molecule has 0 atom stereocenters. The van der Waals surface area contributed by atoms with Crippen molar-refractivity contribution in [1.29, 1.82) is 0 Å². The summed E-state index contributed by atoms with van der Waals surface area (Å²) in [6.45, 7) is -30.1. The van der Waals surface area contributed by atoms with Crippen LogP contribution in [0.3, 0.4) is 0 Å². The normalized spacial score (nSPS) is 40.2. The Kier molecular flexibility index (Phi) is 2.27. The molecule has 156 valence electrons. The number of ether oxygens (including phenoxy) is 2. The first-order valence-corrected chi connectivity index (χ1v) is 7.58. The molecule has 0 spiro atoms. The molecule has 8 nitrogen and oxygen atoms in total. The number of hydrogen-bond acceptors (Lipinski definition) is 8. The van der Waals surface area contributed by atoms with Gasteiger partial charge in [-0.05, 0) is 6.07 Å². The SMILES string of the molecule is [2H]C1([2H])OC([2H])([2H])C([2H])([2H])N(c2cc(-c3cnc(N)cc3C(F)(F)F)nc(N3C([2H])([2H])C([2H])([2H])OC([2H])([2H])C3([2H])[2H])n2)C1([2H])[2H]. The summed E-state index contributed by atoms with van der Waals surface area (Å²) in [5, 5.41) is 0. The standard InChI is InChI=1S/C18H21F3N6O2/c19-18(20,21)13-9-15(22)23-11-12(13)14-10-16(26-1-5-28-6-2-26)25-17(24-14)27-3-7-29-8-4-27/h9-11H,1-8H2,(H2,22,23)/i1D2,2D2,3D2,4D2,5D2,6D2,7D2,8D2. The van der Waals surface area contributed by atoms with Crippen molar-refractivity contribution in [2.75, 3.05) is 67.8 Å². The van der Waals surface area contributed by atoms with Crippen molar-refractivity contribution in [3.8, 4) is 11.3 Å². The molecule has 2 aromatic rings. The van der Waals surface area contributed by atoms with Gasteiger partial charge in [-0.1, -0.05) is 0 Å². The molecule has 0 amide bonds. The molecule has 2 fully saturated rings. The summed E-state index contributed by atoms with van der Waals surface area (Å²) in [7, 11) is 0. The van der Waals surface area contributed by atoms with E-state index in [1.54, 1.807) is 0 Å². The third-order valence-electron chi connectivity index (χ3n) is 3.47. The number of nitrogens with two attached hydrogens (primary N) is 1. The van der Waals surface area contributed by atoms with Crippen molar-refractivity contribution in [2.24, 2.45) is 0 Å². The average Bonchev–Trinajstić information content (AvgIpc) is 2.79. The highest BCUT2D eigenvalue weighted by Gasteiger charge is 2.35. The lowest BCUT2D eigenvalue weighted by Gasteiger charge is -2.31. The summed E-state index contributed by atoms with van der Waals surface area (Å²) in [4.78, 5) is 10.1. The lowest BCUT2D eigenvalue weighted by Crippen LogP contribution is -2.39. The van der Waals surface area contributed by atoms with E-state index >= 15 is 0 Å². The number of pyridine rings is 1. The Labute approximate surface area is 187 Å². The van der Waals surface area contributed by atoms with Gasteiger partial charge in [-0.15, -0.1) is 0 Å². The van der Waals surface area contributed by atoms with Gasteiger partial charge in [0, 0.05) is 43.8 Å². The Morgan fingerprint density at radius 2 is 1.59 bits per heavy atom. The van der Waals surface area contributed by atoms with Gasteiger partial charge in [0.2, 0.25) is 5.95 Å². The highest BCUT2D eigenvalue weighted by atomic mass is 19.4. The molecule has 0 aliphatic carbocycles. The van der Waals surface area contributed by atoms with Crippen molar-refractivity contribution in [3.63, 3.8) is 0 Å². The molecule has 2 aliphatic heterocycles. The maximum Gasteiger partial charge on any atom is 0.417 e. The van der Waals surface area contributed by atoms with Gasteiger partial charge in [0.25, 0.3) is 0 Å². The molecule has 4 heterocycles. The topological polar surface area (TPSA) is 89.6 Å². The van der Waals surface area contributed by atoms with Crippen LogP contribution in [0.1, 0.15) is 27.5 Å². The number of alkyl halides is 3. The van der Waals surface area contributed by atoms with Crippen molar-refractivity contribution >= 4 is 17.6 Å². The summed E-state index contributed by atoms with van der Waals surface area (Å²) >= 11 is 0. The zero-order valence-electron chi connectivity index (χ0n) is 30.0. The molecule has 11 heteroatoms. The molecule has 2 saturated heterocycles. The van der Waals surface area contributed by atoms with Crippen molar-refractivity contribution < 1.29 is 44.6 Å². The van der Waals surface area contributed by atoms with Crippen LogP contribution in [-0.4, -0.2) is 67.2 Å². The molecule has 29 heavy (non-hydrogen) atoms. The van der Waals surface area contributed by atoms with Crippen LogP contribution >= 0.6 is 0 Å². The van der Waals surface area contributed by atoms with Crippen LogP contribution in [0.15, 0.2) is 18.3 Å². The molecule has 2 aromatic heterocycles. The van der Waals surface area contributed by atoms with Gasteiger partial charge in [-0.2, -0.15) is 18.2 Å². The van der Waals surface area contributed by atoms with Gasteiger partial charge in [0.15, 0.2) is 0 Å². The minimum absolute atomic E-state index is 0.325. The fourth-order valence-electron chi connectivity index (χ4n) is 2.28. The van der Waals surface area contributed by atoms with Crippen LogP contribution in [0.4, 0.5) is 30.8 Å². The quantitative estimate of drug-likeness (QED) is 0.795. The van der Waals surface area contributed by atoms with Crippen LogP contribution in [0.5, 0.6) is 0 Å². The van der Waals surface area contributed by atoms with Gasteiger partial charge in [0.1, 0.15) is 11.6 Å². The molecule has 0 radical (unpaired) electrons. The zero-order valence-corrected chi connectivity index (χ0v) is 14.0. The summed E-state index contributed by atoms with van der Waals surface area (Å²) in [6, 6.07) is 0.722. The van der Waals surface area contributed by atoms with E-state index in [2.05, 4.69) is 24.4 Å². The van der Waals surface area contributed by atoms with Gasteiger partial charge < -0.3 is 25.0 Å². The van der Waals surface area contributed by atoms with Gasteiger partial charge >= 0.3 is 6.18 Å². The van der Waals surface area contributed by atoms with E-state index in [1.807, 2.05) is 0 Å². The van der Waals surface area contributed by atoms with E-state index in [0.717, 1.165) is 0 Å². The minimum atomic E-state index is -5.23. The van der Waals surface area contributed by atoms with E-state index in [-0.39, 0.29) is 4.90 Å². The summed E-state index contributed by atoms with van der Waals surface area (Å²) in [5.74, 6) is -3.51. The number of halogens is 3. The smallest absolute Gasteiger partial charge is 0.384 e. The monoisotopic (exact) mass is 426 g/mol. The summed E-state index contributed by atoms with van der Waals surface area (Å²) in [6.07, 6.45) is -4.75. The highest BCUT2D eigenvalue weighted by molar-refractivity contribution is 5.69. The number of morpholine rings is 2. The summed E-state index contributed by atoms with van der Waals surface area (Å²) in [5.41, 5.74) is 1.72. The fraction of sp³-hybridized carbons (Fsp3) is 0.500. The minimum Gasteiger partial charge on any atom is -0.384 e. The number of aromatic nitrogens is 3. The molecule has 4 rings (SSSR count). The van der Waals surface area contributed by atoms with Gasteiger partial charge in [0.05, 0.1) is 59.4 Å². The number of anilines is 3. The third-order valence-corrected chi connectivity index (χ3v) is 3.47. The predicted octanol–water partition coefficient (Wildman–Crippen LogP) is 1.81. The maximum absolute atomic E-state index is 14.1. The average molecular weight is 426 g/mol. The molecule has 0 saturated carbocycles. The fourth-order valence-corrected chi connectivity index (χ4v) is 2.28. The van der Waals surface area contributed by atoms with Crippen LogP contribution in [0.25, 0.3) is 11.3 Å². The highest BCUT2D eigenvalue weighted by Crippen LogP contribution is 2.38. The van der Waals surface area contributed by atoms with E-state index < -0.39 is 97.7 Å². The first-order chi connectivity index (χ1) is 19.9. The van der Waals surface area contributed by atoms with Crippen molar-refractivity contribution in [2.45, 2.75) is 6.18 Å². The third kappa shape index (κ3) is 4.35. The Bertz CT molecular complexity index is 1400. The van der Waals surface area contributed by atoms with E-state index in [9.17, 15) is 13.2 Å². The number of nitrogen functional groups attached to an aromatic ring is 1. The Morgan fingerprint density at radius 1 is 0.966 bits per heavy atom. The van der Waals surface area contributed by atoms with Crippen molar-refractivity contribution in [1.82, 2.24) is 15.0 Å². The Morgan fingerprint density at radius 3 is 2.21 bits per heavy atom. The lowest BCUT2D eigenvalue weighted by molar-refractivity contribution is -0.137. The number of hydrogen-bond donors (Lipinski definition) is 1. The molecule has 2 N–H and O–H groups in total. The Hall–Kier alpha value is -2.66. The second-order valence-electron chi connectivity index (χ2n) is 5.29. The van der Waals surface area contributed by atoms with E-state index in [4.69, 9.17) is 27.7 Å². The van der Waals surface area contributed by atoms with Gasteiger partial charge in [-0.25, -0.2) is 9.97 Å². The first-order valence-electron chi connectivity index (χ1n) is 15.6. The zero-order chi connectivity index (χ0) is 34.8. The molecule has 0 unspecified atom stereocenters. The van der Waals surface area contributed by atoms with Crippen LogP contribution in [-0.2, 0) is 15.7 Å². The first kappa shape index (κ1) is 8.23. The molecular weight excluding hydrogens is 389 g/mol. The van der Waals surface area contributed by atoms with Gasteiger partial charge in [-0.3, -0.25) is 0 Å². The second-order valence-corrected chi connectivity index (χ2v) is 5.29. The summed E-state index contributed by atoms with van der Waals surface area (Å²) < 4.78 is 181. The maximum atomic E-state index is 14.1. The Balaban J connectivity index is 2.17. The predicted molar refractivity (Wildman–Crippen MR) is 101 cm³/mol. The van der Waals surface area contributed by atoms with Crippen LogP contribution < -0.4 is 15.5 Å². The number of rotatable bonds is 3. The second kappa shape index (κ2) is 7.99.